The minimum absolute atomic E-state index is 0.0140. The number of rotatable bonds is 7. The first-order chi connectivity index (χ1) is 13.6. The van der Waals surface area contributed by atoms with Crippen molar-refractivity contribution in [1.82, 2.24) is 20.4 Å². The van der Waals surface area contributed by atoms with E-state index in [9.17, 15) is 9.59 Å². The molecule has 0 saturated heterocycles. The molecule has 28 heavy (non-hydrogen) atoms. The smallest absolute Gasteiger partial charge is 0.272 e. The number of aromatic nitrogens is 2. The molecule has 2 aliphatic rings. The second kappa shape index (κ2) is 8.14. The molecule has 1 aliphatic heterocycles. The van der Waals surface area contributed by atoms with Crippen molar-refractivity contribution in [2.75, 3.05) is 13.2 Å². The quantitative estimate of drug-likeness (QED) is 0.760. The summed E-state index contributed by atoms with van der Waals surface area (Å²) in [4.78, 5) is 24.7. The van der Waals surface area contributed by atoms with Gasteiger partial charge >= 0.3 is 0 Å². The molecule has 2 aromatic rings. The van der Waals surface area contributed by atoms with Crippen molar-refractivity contribution in [3.05, 3.63) is 52.3 Å². The van der Waals surface area contributed by atoms with Gasteiger partial charge in [-0.1, -0.05) is 29.8 Å². The zero-order valence-corrected chi connectivity index (χ0v) is 16.2. The van der Waals surface area contributed by atoms with Crippen molar-refractivity contribution < 1.29 is 14.3 Å². The lowest BCUT2D eigenvalue weighted by Crippen LogP contribution is -2.29. The Labute approximate surface area is 164 Å². The lowest BCUT2D eigenvalue weighted by atomic mass is 10.1. The predicted octanol–water partition coefficient (Wildman–Crippen LogP) is 1.52. The lowest BCUT2D eigenvalue weighted by molar-refractivity contribution is -0.120. The SMILES string of the molecule is Cc1ccc(CC(=O)NCCn2nc(C(=O)NC3CC3)c3c2CCOC3)cc1. The zero-order valence-electron chi connectivity index (χ0n) is 16.2. The summed E-state index contributed by atoms with van der Waals surface area (Å²) >= 11 is 0. The highest BCUT2D eigenvalue weighted by Crippen LogP contribution is 2.23. The van der Waals surface area contributed by atoms with Crippen LogP contribution in [0.5, 0.6) is 0 Å². The Bertz CT molecular complexity index is 869. The maximum Gasteiger partial charge on any atom is 0.272 e. The van der Waals surface area contributed by atoms with Crippen LogP contribution in [0.15, 0.2) is 24.3 Å². The van der Waals surface area contributed by atoms with Crippen LogP contribution in [0.2, 0.25) is 0 Å². The number of nitrogens with one attached hydrogen (secondary N) is 2. The first kappa shape index (κ1) is 18.7. The van der Waals surface area contributed by atoms with Crippen molar-refractivity contribution in [3.8, 4) is 0 Å². The maximum atomic E-state index is 12.5. The van der Waals surface area contributed by atoms with E-state index in [0.717, 1.165) is 36.1 Å². The van der Waals surface area contributed by atoms with Crippen molar-refractivity contribution in [2.24, 2.45) is 0 Å². The van der Waals surface area contributed by atoms with E-state index in [1.165, 1.54) is 5.56 Å². The van der Waals surface area contributed by atoms with Gasteiger partial charge in [0, 0.05) is 30.3 Å². The molecule has 1 aromatic heterocycles. The number of hydrogen-bond acceptors (Lipinski definition) is 4. The summed E-state index contributed by atoms with van der Waals surface area (Å²) in [5.41, 5.74) is 4.57. The van der Waals surface area contributed by atoms with Gasteiger partial charge in [0.2, 0.25) is 5.91 Å². The van der Waals surface area contributed by atoms with Gasteiger partial charge < -0.3 is 15.4 Å². The van der Waals surface area contributed by atoms with E-state index in [-0.39, 0.29) is 11.8 Å². The Hall–Kier alpha value is -2.67. The Morgan fingerprint density at radius 1 is 1.25 bits per heavy atom. The molecule has 1 fully saturated rings. The molecule has 1 aromatic carbocycles. The van der Waals surface area contributed by atoms with E-state index < -0.39 is 0 Å². The average Bonchev–Trinajstić information content (AvgIpc) is 3.43. The molecular weight excluding hydrogens is 356 g/mol. The van der Waals surface area contributed by atoms with Crippen LogP contribution in [0.25, 0.3) is 0 Å². The van der Waals surface area contributed by atoms with Crippen LogP contribution in [-0.4, -0.2) is 40.8 Å². The third kappa shape index (κ3) is 4.42. The number of fused-ring (bicyclic) bond motifs is 1. The molecule has 0 atom stereocenters. The maximum absolute atomic E-state index is 12.5. The second-order valence-electron chi connectivity index (χ2n) is 7.56. The van der Waals surface area contributed by atoms with E-state index in [1.54, 1.807) is 0 Å². The molecule has 2 N–H and O–H groups in total. The number of ether oxygens (including phenoxy) is 1. The van der Waals surface area contributed by atoms with Gasteiger partial charge in [-0.25, -0.2) is 0 Å². The minimum atomic E-state index is -0.119. The van der Waals surface area contributed by atoms with E-state index in [4.69, 9.17) is 4.74 Å². The summed E-state index contributed by atoms with van der Waals surface area (Å²) < 4.78 is 7.39. The van der Waals surface area contributed by atoms with Gasteiger partial charge in [-0.3, -0.25) is 14.3 Å². The first-order valence-corrected chi connectivity index (χ1v) is 9.89. The highest BCUT2D eigenvalue weighted by atomic mass is 16.5. The number of hydrogen-bond donors (Lipinski definition) is 2. The Morgan fingerprint density at radius 2 is 2.04 bits per heavy atom. The molecule has 7 nitrogen and oxygen atoms in total. The summed E-state index contributed by atoms with van der Waals surface area (Å²) in [5.74, 6) is -0.133. The number of amides is 2. The summed E-state index contributed by atoms with van der Waals surface area (Å²) in [6.07, 6.45) is 3.17. The van der Waals surface area contributed by atoms with Crippen LogP contribution in [0.4, 0.5) is 0 Å². The standard InChI is InChI=1S/C21H26N4O3/c1-14-2-4-15(5-3-14)12-19(26)22-9-10-25-18-8-11-28-13-17(18)20(24-25)21(27)23-16-6-7-16/h2-5,16H,6-13H2,1H3,(H,22,26)(H,23,27). The van der Waals surface area contributed by atoms with E-state index in [1.807, 2.05) is 35.9 Å². The Kier molecular flexibility index (Phi) is 5.43. The average molecular weight is 382 g/mol. The van der Waals surface area contributed by atoms with E-state index >= 15 is 0 Å². The number of benzene rings is 1. The molecule has 4 rings (SSSR count). The van der Waals surface area contributed by atoms with Crippen LogP contribution < -0.4 is 10.6 Å². The molecule has 2 amide bonds. The largest absolute Gasteiger partial charge is 0.376 e. The zero-order chi connectivity index (χ0) is 19.5. The molecule has 0 unspecified atom stereocenters. The van der Waals surface area contributed by atoms with Crippen LogP contribution in [0.3, 0.4) is 0 Å². The van der Waals surface area contributed by atoms with Gasteiger partial charge in [-0.2, -0.15) is 5.10 Å². The normalized spacial score (nSPS) is 15.8. The molecule has 2 heterocycles. The molecule has 1 saturated carbocycles. The van der Waals surface area contributed by atoms with Crippen LogP contribution >= 0.6 is 0 Å². The third-order valence-electron chi connectivity index (χ3n) is 5.15. The lowest BCUT2D eigenvalue weighted by Gasteiger charge is -2.15. The summed E-state index contributed by atoms with van der Waals surface area (Å²) in [7, 11) is 0. The van der Waals surface area contributed by atoms with Gasteiger partial charge in [0.1, 0.15) is 0 Å². The van der Waals surface area contributed by atoms with Crippen molar-refractivity contribution in [3.63, 3.8) is 0 Å². The highest BCUT2D eigenvalue weighted by Gasteiger charge is 2.29. The molecule has 0 radical (unpaired) electrons. The van der Waals surface area contributed by atoms with Gasteiger partial charge in [-0.05, 0) is 25.3 Å². The van der Waals surface area contributed by atoms with Crippen LogP contribution in [0, 0.1) is 6.92 Å². The minimum Gasteiger partial charge on any atom is -0.376 e. The van der Waals surface area contributed by atoms with Crippen LogP contribution in [0.1, 0.15) is 45.7 Å². The summed E-state index contributed by atoms with van der Waals surface area (Å²) in [5, 5.41) is 10.5. The molecule has 7 heteroatoms. The van der Waals surface area contributed by atoms with Gasteiger partial charge in [-0.15, -0.1) is 0 Å². The predicted molar refractivity (Wildman–Crippen MR) is 104 cm³/mol. The van der Waals surface area contributed by atoms with E-state index in [0.29, 0.717) is 44.5 Å². The highest BCUT2D eigenvalue weighted by molar-refractivity contribution is 5.94. The number of carbonyl (C=O) groups excluding carboxylic acids is 2. The van der Waals surface area contributed by atoms with Gasteiger partial charge in [0.05, 0.1) is 26.2 Å². The summed E-state index contributed by atoms with van der Waals surface area (Å²) in [6, 6.07) is 8.26. The molecule has 0 spiro atoms. The second-order valence-corrected chi connectivity index (χ2v) is 7.56. The molecule has 0 bridgehead atoms. The number of aryl methyl sites for hydroxylation is 1. The third-order valence-corrected chi connectivity index (χ3v) is 5.15. The van der Waals surface area contributed by atoms with E-state index in [2.05, 4.69) is 15.7 Å². The molecule has 1 aliphatic carbocycles. The molecule has 148 valence electrons. The number of carbonyl (C=O) groups is 2. The first-order valence-electron chi connectivity index (χ1n) is 9.89. The van der Waals surface area contributed by atoms with Gasteiger partial charge in [0.15, 0.2) is 5.69 Å². The fourth-order valence-corrected chi connectivity index (χ4v) is 3.41. The Balaban J connectivity index is 1.36. The molecular formula is C21H26N4O3. The Morgan fingerprint density at radius 3 is 2.79 bits per heavy atom. The van der Waals surface area contributed by atoms with Crippen molar-refractivity contribution in [2.45, 2.75) is 51.8 Å². The van der Waals surface area contributed by atoms with Gasteiger partial charge in [0.25, 0.3) is 5.91 Å². The van der Waals surface area contributed by atoms with Crippen LogP contribution in [-0.2, 0) is 35.5 Å². The number of nitrogens with zero attached hydrogens (tertiary/aromatic N) is 2. The fraction of sp³-hybridized carbons (Fsp3) is 0.476. The monoisotopic (exact) mass is 382 g/mol. The topological polar surface area (TPSA) is 85.2 Å². The van der Waals surface area contributed by atoms with Crippen molar-refractivity contribution >= 4 is 11.8 Å². The summed E-state index contributed by atoms with van der Waals surface area (Å²) in [6.45, 7) is 4.09. The fourth-order valence-electron chi connectivity index (χ4n) is 3.41. The van der Waals surface area contributed by atoms with Crippen molar-refractivity contribution in [1.29, 1.82) is 0 Å².